The third kappa shape index (κ3) is 8.18. The van der Waals surface area contributed by atoms with Gasteiger partial charge in [0, 0.05) is 11.8 Å². The van der Waals surface area contributed by atoms with Crippen LogP contribution in [0.15, 0.2) is 0 Å². The number of rotatable bonds is 9. The van der Waals surface area contributed by atoms with E-state index in [0.717, 1.165) is 19.3 Å². The Balaban J connectivity index is 3.81. The van der Waals surface area contributed by atoms with Crippen LogP contribution in [0.4, 0.5) is 0 Å². The lowest BCUT2D eigenvalue weighted by molar-refractivity contribution is -0.153. The molecule has 0 fully saturated rings. The van der Waals surface area contributed by atoms with Gasteiger partial charge in [0.1, 0.15) is 12.5 Å². The summed E-state index contributed by atoms with van der Waals surface area (Å²) in [7, 11) is 0. The van der Waals surface area contributed by atoms with Crippen LogP contribution < -0.4 is 0 Å². The van der Waals surface area contributed by atoms with Crippen molar-refractivity contribution in [1.29, 1.82) is 0 Å². The molecule has 0 aliphatic carbocycles. The summed E-state index contributed by atoms with van der Waals surface area (Å²) in [5, 5.41) is 0.439. The summed E-state index contributed by atoms with van der Waals surface area (Å²) in [6.07, 6.45) is 3.36. The Bertz CT molecular complexity index is 231. The van der Waals surface area contributed by atoms with E-state index in [4.69, 9.17) is 9.47 Å². The fourth-order valence-electron chi connectivity index (χ4n) is 1.22. The maximum Gasteiger partial charge on any atom is 0.313 e. The number of hydrogen-bond acceptors (Lipinski definition) is 4. The predicted octanol–water partition coefficient (Wildman–Crippen LogP) is 2.68. The van der Waals surface area contributed by atoms with E-state index >= 15 is 0 Å². The summed E-state index contributed by atoms with van der Waals surface area (Å²) in [5.74, 6) is -0.982. The highest BCUT2D eigenvalue weighted by Gasteiger charge is 2.20. The lowest BCUT2D eigenvalue weighted by Crippen LogP contribution is -2.25. The Hall–Kier alpha value is -0.580. The summed E-state index contributed by atoms with van der Waals surface area (Å²) >= 11 is 3.21. The fraction of sp³-hybridized carbons (Fsp3) is 0.833. The standard InChI is InChI=1S/C12H21BrO4/c1-3-5-6-7-11(14)17-9-10(8-13)12(15)16-4-2/h10H,3-9H2,1-2H3. The average molecular weight is 309 g/mol. The number of carbonyl (C=O) groups is 2. The average Bonchev–Trinajstić information content (AvgIpc) is 2.30. The summed E-state index contributed by atoms with van der Waals surface area (Å²) in [6, 6.07) is 0. The van der Waals surface area contributed by atoms with Crippen molar-refractivity contribution >= 4 is 27.9 Å². The molecule has 100 valence electrons. The molecule has 0 rings (SSSR count). The van der Waals surface area contributed by atoms with Crippen LogP contribution in [-0.2, 0) is 19.1 Å². The number of alkyl halides is 1. The summed E-state index contributed by atoms with van der Waals surface area (Å²) < 4.78 is 9.90. The molecule has 0 aromatic heterocycles. The Labute approximate surface area is 111 Å². The van der Waals surface area contributed by atoms with E-state index in [1.54, 1.807) is 6.92 Å². The van der Waals surface area contributed by atoms with Gasteiger partial charge in [-0.25, -0.2) is 0 Å². The molecule has 0 aliphatic heterocycles. The highest BCUT2D eigenvalue weighted by atomic mass is 79.9. The van der Waals surface area contributed by atoms with Crippen molar-refractivity contribution < 1.29 is 19.1 Å². The molecule has 4 nitrogen and oxygen atoms in total. The minimum Gasteiger partial charge on any atom is -0.466 e. The molecule has 1 atom stereocenters. The third-order valence-corrected chi connectivity index (χ3v) is 3.02. The molecular formula is C12H21BrO4. The molecule has 0 aromatic rings. The number of unbranched alkanes of at least 4 members (excludes halogenated alkanes) is 2. The van der Waals surface area contributed by atoms with Gasteiger partial charge in [-0.15, -0.1) is 0 Å². The second kappa shape index (κ2) is 10.6. The molecular weight excluding hydrogens is 288 g/mol. The van der Waals surface area contributed by atoms with Crippen molar-refractivity contribution in [2.75, 3.05) is 18.5 Å². The van der Waals surface area contributed by atoms with Gasteiger partial charge in [0.2, 0.25) is 0 Å². The van der Waals surface area contributed by atoms with Crippen LogP contribution in [0.5, 0.6) is 0 Å². The van der Waals surface area contributed by atoms with Crippen molar-refractivity contribution in [2.24, 2.45) is 5.92 Å². The molecule has 0 bridgehead atoms. The van der Waals surface area contributed by atoms with Gasteiger partial charge in [-0.1, -0.05) is 35.7 Å². The zero-order valence-corrected chi connectivity index (χ0v) is 12.1. The van der Waals surface area contributed by atoms with Gasteiger partial charge >= 0.3 is 11.9 Å². The van der Waals surface area contributed by atoms with E-state index in [2.05, 4.69) is 22.9 Å². The van der Waals surface area contributed by atoms with Crippen LogP contribution in [-0.4, -0.2) is 30.5 Å². The monoisotopic (exact) mass is 308 g/mol. The van der Waals surface area contributed by atoms with Crippen LogP contribution in [0.1, 0.15) is 39.5 Å². The summed E-state index contributed by atoms with van der Waals surface area (Å²) in [6.45, 7) is 4.26. The molecule has 0 saturated carbocycles. The van der Waals surface area contributed by atoms with Crippen LogP contribution in [0, 0.1) is 5.92 Å². The van der Waals surface area contributed by atoms with Gasteiger partial charge in [0.15, 0.2) is 0 Å². The van der Waals surface area contributed by atoms with Gasteiger partial charge in [-0.05, 0) is 13.3 Å². The molecule has 0 spiro atoms. The Kier molecular flexibility index (Phi) is 10.2. The quantitative estimate of drug-likeness (QED) is 0.373. The molecule has 0 heterocycles. The second-order valence-corrected chi connectivity index (χ2v) is 4.39. The van der Waals surface area contributed by atoms with Gasteiger partial charge in [-0.2, -0.15) is 0 Å². The molecule has 0 aromatic carbocycles. The first-order valence-corrected chi connectivity index (χ1v) is 7.16. The molecule has 0 saturated heterocycles. The minimum absolute atomic E-state index is 0.0923. The molecule has 5 heteroatoms. The normalized spacial score (nSPS) is 11.9. The van der Waals surface area contributed by atoms with Gasteiger partial charge in [-0.3, -0.25) is 9.59 Å². The molecule has 0 aliphatic rings. The van der Waals surface area contributed by atoms with E-state index < -0.39 is 5.92 Å². The van der Waals surface area contributed by atoms with Gasteiger partial charge in [0.05, 0.1) is 6.61 Å². The van der Waals surface area contributed by atoms with E-state index in [-0.39, 0.29) is 18.5 Å². The van der Waals surface area contributed by atoms with E-state index in [1.807, 2.05) is 0 Å². The Morgan fingerprint density at radius 3 is 2.41 bits per heavy atom. The second-order valence-electron chi connectivity index (χ2n) is 3.74. The topological polar surface area (TPSA) is 52.6 Å². The Morgan fingerprint density at radius 1 is 1.18 bits per heavy atom. The smallest absolute Gasteiger partial charge is 0.313 e. The molecule has 0 radical (unpaired) electrons. The lowest BCUT2D eigenvalue weighted by atomic mass is 10.2. The zero-order valence-electron chi connectivity index (χ0n) is 10.5. The minimum atomic E-state index is -0.412. The lowest BCUT2D eigenvalue weighted by Gasteiger charge is -2.12. The summed E-state index contributed by atoms with van der Waals surface area (Å²) in [4.78, 5) is 22.7. The first-order valence-electron chi connectivity index (χ1n) is 6.03. The molecule has 0 N–H and O–H groups in total. The van der Waals surface area contributed by atoms with Crippen LogP contribution in [0.3, 0.4) is 0 Å². The molecule has 1 unspecified atom stereocenters. The predicted molar refractivity (Wildman–Crippen MR) is 69.0 cm³/mol. The highest BCUT2D eigenvalue weighted by Crippen LogP contribution is 2.07. The highest BCUT2D eigenvalue weighted by molar-refractivity contribution is 9.09. The van der Waals surface area contributed by atoms with Gasteiger partial charge < -0.3 is 9.47 Å². The van der Waals surface area contributed by atoms with E-state index in [0.29, 0.717) is 18.4 Å². The largest absolute Gasteiger partial charge is 0.466 e. The van der Waals surface area contributed by atoms with Crippen LogP contribution in [0.2, 0.25) is 0 Å². The van der Waals surface area contributed by atoms with Crippen molar-refractivity contribution in [3.63, 3.8) is 0 Å². The molecule has 0 amide bonds. The van der Waals surface area contributed by atoms with E-state index in [9.17, 15) is 9.59 Å². The first kappa shape index (κ1) is 16.4. The number of hydrogen-bond donors (Lipinski definition) is 0. The van der Waals surface area contributed by atoms with Crippen molar-refractivity contribution in [1.82, 2.24) is 0 Å². The van der Waals surface area contributed by atoms with Crippen LogP contribution >= 0.6 is 15.9 Å². The fourth-order valence-corrected chi connectivity index (χ4v) is 1.67. The van der Waals surface area contributed by atoms with Gasteiger partial charge in [0.25, 0.3) is 0 Å². The zero-order chi connectivity index (χ0) is 13.1. The summed E-state index contributed by atoms with van der Waals surface area (Å²) in [5.41, 5.74) is 0. The maximum atomic E-state index is 11.4. The number of halogens is 1. The van der Waals surface area contributed by atoms with E-state index in [1.165, 1.54) is 0 Å². The van der Waals surface area contributed by atoms with Crippen LogP contribution in [0.25, 0.3) is 0 Å². The SMILES string of the molecule is CCCCCC(=O)OCC(CBr)C(=O)OCC. The third-order valence-electron chi connectivity index (χ3n) is 2.24. The van der Waals surface area contributed by atoms with Crippen molar-refractivity contribution in [3.05, 3.63) is 0 Å². The Morgan fingerprint density at radius 2 is 1.88 bits per heavy atom. The number of ether oxygens (including phenoxy) is 2. The molecule has 17 heavy (non-hydrogen) atoms. The number of esters is 2. The maximum absolute atomic E-state index is 11.4. The van der Waals surface area contributed by atoms with Crippen molar-refractivity contribution in [2.45, 2.75) is 39.5 Å². The number of carbonyl (C=O) groups excluding carboxylic acids is 2. The van der Waals surface area contributed by atoms with Crippen molar-refractivity contribution in [3.8, 4) is 0 Å². The first-order chi connectivity index (χ1) is 8.15.